The first-order chi connectivity index (χ1) is 17.1. The van der Waals surface area contributed by atoms with E-state index in [0.29, 0.717) is 19.4 Å². The molecule has 3 aliphatic rings. The van der Waals surface area contributed by atoms with E-state index in [9.17, 15) is 19.5 Å². The van der Waals surface area contributed by atoms with Gasteiger partial charge >= 0.3 is 5.97 Å². The van der Waals surface area contributed by atoms with Crippen LogP contribution in [-0.4, -0.2) is 85.4 Å². The Morgan fingerprint density at radius 1 is 1.33 bits per heavy atom. The fourth-order valence-corrected chi connectivity index (χ4v) is 9.72. The molecule has 3 saturated heterocycles. The van der Waals surface area contributed by atoms with E-state index in [4.69, 9.17) is 4.74 Å². The van der Waals surface area contributed by atoms with Crippen LogP contribution in [0.4, 0.5) is 0 Å². The number of halogens is 1. The van der Waals surface area contributed by atoms with Gasteiger partial charge in [0, 0.05) is 22.7 Å². The maximum atomic E-state index is 14.3. The maximum absolute atomic E-state index is 14.3. The lowest BCUT2D eigenvalue weighted by atomic mass is 9.71. The Labute approximate surface area is 228 Å². The lowest BCUT2D eigenvalue weighted by Crippen LogP contribution is -2.59. The number of allylic oxidation sites excluding steroid dienone is 1. The number of carbonyl (C=O) groups excluding carboxylic acids is 3. The Balaban J connectivity index is 2.07. The fraction of sp³-hybridized carbons (Fsp3) is 0.741. The predicted molar refractivity (Wildman–Crippen MR) is 147 cm³/mol. The zero-order chi connectivity index (χ0) is 26.8. The van der Waals surface area contributed by atoms with Crippen LogP contribution in [0.1, 0.15) is 53.4 Å². The van der Waals surface area contributed by atoms with Crippen molar-refractivity contribution in [3.63, 3.8) is 0 Å². The summed E-state index contributed by atoms with van der Waals surface area (Å²) in [5.74, 6) is -2.02. The summed E-state index contributed by atoms with van der Waals surface area (Å²) >= 11 is 5.37. The number of hydrogen-bond donors (Lipinski definition) is 1. The molecule has 2 bridgehead atoms. The topological polar surface area (TPSA) is 87.2 Å². The van der Waals surface area contributed by atoms with Crippen molar-refractivity contribution >= 4 is 45.5 Å². The van der Waals surface area contributed by atoms with Crippen molar-refractivity contribution in [1.29, 1.82) is 0 Å². The SMILES string of the molecule is C=CCCCOC(=O)[C@H]1[C@@H]2SC3(CC2Br)C(C(=O)N(CC=C)C(C)C)N([C@@H](CO)[C@@H](C)CC)C(=O)[C@H]13. The summed E-state index contributed by atoms with van der Waals surface area (Å²) in [5.41, 5.74) is 0. The van der Waals surface area contributed by atoms with Crippen LogP contribution in [-0.2, 0) is 19.1 Å². The average molecular weight is 586 g/mol. The zero-order valence-electron chi connectivity index (χ0n) is 21.9. The number of fused-ring (bicyclic) bond motifs is 1. The van der Waals surface area contributed by atoms with Crippen LogP contribution in [0.3, 0.4) is 0 Å². The molecule has 7 nitrogen and oxygen atoms in total. The number of aliphatic hydroxyl groups is 1. The number of nitrogens with zero attached hydrogens (tertiary/aromatic N) is 2. The predicted octanol–water partition coefficient (Wildman–Crippen LogP) is 3.79. The van der Waals surface area contributed by atoms with Gasteiger partial charge in [0.2, 0.25) is 11.8 Å². The second-order valence-electron chi connectivity index (χ2n) is 10.5. The van der Waals surface area contributed by atoms with Crippen molar-refractivity contribution in [2.45, 2.75) is 86.3 Å². The standard InChI is InChI=1S/C27H41BrN2O5S/c1-7-10-11-13-35-26(34)20-21-24(32)30(19(15-31)17(6)9-3)23(25(33)29(12-8-2)16(4)5)27(21)14-18(28)22(20)36-27/h7-8,16-23,31H,1-2,9-15H2,3-6H3/t17-,18?,19-,20+,21-,22+,23?,27?/m0/s1. The molecule has 8 atom stereocenters. The van der Waals surface area contributed by atoms with Crippen molar-refractivity contribution in [2.75, 3.05) is 19.8 Å². The monoisotopic (exact) mass is 584 g/mol. The number of carbonyl (C=O) groups is 3. The quantitative estimate of drug-likeness (QED) is 0.153. The fourth-order valence-electron chi connectivity index (χ4n) is 6.14. The van der Waals surface area contributed by atoms with E-state index in [-0.39, 0.29) is 53.0 Å². The molecule has 1 N–H and O–H groups in total. The molecule has 202 valence electrons. The van der Waals surface area contributed by atoms with Gasteiger partial charge in [0.05, 0.1) is 35.8 Å². The molecular formula is C27H41BrN2O5S. The van der Waals surface area contributed by atoms with Crippen LogP contribution in [0.5, 0.6) is 0 Å². The van der Waals surface area contributed by atoms with Crippen LogP contribution in [0.15, 0.2) is 25.3 Å². The van der Waals surface area contributed by atoms with E-state index in [1.807, 2.05) is 27.7 Å². The van der Waals surface area contributed by atoms with E-state index in [2.05, 4.69) is 29.1 Å². The van der Waals surface area contributed by atoms with Crippen molar-refractivity contribution in [3.05, 3.63) is 25.3 Å². The van der Waals surface area contributed by atoms with Crippen LogP contribution < -0.4 is 0 Å². The first-order valence-electron chi connectivity index (χ1n) is 13.0. The summed E-state index contributed by atoms with van der Waals surface area (Å²) in [6, 6.07) is -1.36. The highest BCUT2D eigenvalue weighted by atomic mass is 79.9. The largest absolute Gasteiger partial charge is 0.465 e. The number of rotatable bonds is 13. The van der Waals surface area contributed by atoms with Gasteiger partial charge in [-0.2, -0.15) is 0 Å². The smallest absolute Gasteiger partial charge is 0.310 e. The van der Waals surface area contributed by atoms with Crippen molar-refractivity contribution < 1.29 is 24.2 Å². The lowest BCUT2D eigenvalue weighted by molar-refractivity contribution is -0.155. The van der Waals surface area contributed by atoms with Gasteiger partial charge in [0.25, 0.3) is 0 Å². The van der Waals surface area contributed by atoms with E-state index in [1.54, 1.807) is 33.7 Å². The summed E-state index contributed by atoms with van der Waals surface area (Å²) in [6.07, 6.45) is 6.26. The van der Waals surface area contributed by atoms with E-state index in [0.717, 1.165) is 12.8 Å². The summed E-state index contributed by atoms with van der Waals surface area (Å²) in [7, 11) is 0. The summed E-state index contributed by atoms with van der Waals surface area (Å²) in [6.45, 7) is 15.8. The Hall–Kier alpha value is -1.32. The van der Waals surface area contributed by atoms with Gasteiger partial charge in [0.1, 0.15) is 6.04 Å². The maximum Gasteiger partial charge on any atom is 0.310 e. The molecule has 0 aliphatic carbocycles. The molecule has 3 unspecified atom stereocenters. The van der Waals surface area contributed by atoms with E-state index < -0.39 is 28.7 Å². The normalized spacial score (nSPS) is 32.4. The summed E-state index contributed by atoms with van der Waals surface area (Å²) in [5, 5.41) is 10.3. The number of hydrogen-bond acceptors (Lipinski definition) is 6. The molecule has 0 radical (unpaired) electrons. The number of esters is 1. The molecular weight excluding hydrogens is 544 g/mol. The van der Waals surface area contributed by atoms with Crippen molar-refractivity contribution in [1.82, 2.24) is 9.80 Å². The Morgan fingerprint density at radius 3 is 2.58 bits per heavy atom. The molecule has 2 amide bonds. The molecule has 0 aromatic heterocycles. The third kappa shape index (κ3) is 4.92. The number of alkyl halides is 1. The number of unbranched alkanes of at least 4 members (excludes halogenated alkanes) is 1. The van der Waals surface area contributed by atoms with Gasteiger partial charge in [-0.3, -0.25) is 14.4 Å². The molecule has 3 fully saturated rings. The Morgan fingerprint density at radius 2 is 2.03 bits per heavy atom. The van der Waals surface area contributed by atoms with Crippen LogP contribution in [0.2, 0.25) is 0 Å². The summed E-state index contributed by atoms with van der Waals surface area (Å²) in [4.78, 5) is 45.2. The highest BCUT2D eigenvalue weighted by Gasteiger charge is 2.76. The van der Waals surface area contributed by atoms with Crippen molar-refractivity contribution in [3.8, 4) is 0 Å². The van der Waals surface area contributed by atoms with Crippen LogP contribution in [0, 0.1) is 17.8 Å². The van der Waals surface area contributed by atoms with Gasteiger partial charge in [-0.05, 0) is 39.0 Å². The molecule has 3 rings (SSSR count). The van der Waals surface area contributed by atoms with E-state index in [1.165, 1.54) is 0 Å². The van der Waals surface area contributed by atoms with Gasteiger partial charge in [-0.15, -0.1) is 24.9 Å². The minimum absolute atomic E-state index is 0.0114. The number of amides is 2. The molecule has 3 aliphatic heterocycles. The van der Waals surface area contributed by atoms with Crippen LogP contribution in [0.25, 0.3) is 0 Å². The molecule has 3 heterocycles. The Bertz CT molecular complexity index is 869. The second-order valence-corrected chi connectivity index (χ2v) is 13.2. The highest BCUT2D eigenvalue weighted by molar-refractivity contribution is 9.09. The number of aliphatic hydroxyl groups excluding tert-OH is 1. The lowest BCUT2D eigenvalue weighted by Gasteiger charge is -2.42. The van der Waals surface area contributed by atoms with Crippen LogP contribution >= 0.6 is 27.7 Å². The van der Waals surface area contributed by atoms with Gasteiger partial charge in [0.15, 0.2) is 0 Å². The van der Waals surface area contributed by atoms with Gasteiger partial charge < -0.3 is 19.6 Å². The van der Waals surface area contributed by atoms with Crippen molar-refractivity contribution in [2.24, 2.45) is 17.8 Å². The third-order valence-corrected chi connectivity index (χ3v) is 11.3. The molecule has 1 spiro atoms. The summed E-state index contributed by atoms with van der Waals surface area (Å²) < 4.78 is 4.89. The zero-order valence-corrected chi connectivity index (χ0v) is 24.3. The number of ether oxygens (including phenoxy) is 1. The molecule has 36 heavy (non-hydrogen) atoms. The number of thioether (sulfide) groups is 1. The average Bonchev–Trinajstić information content (AvgIpc) is 3.43. The molecule has 0 aromatic carbocycles. The highest BCUT2D eigenvalue weighted by Crippen LogP contribution is 2.68. The van der Waals surface area contributed by atoms with Gasteiger partial charge in [-0.1, -0.05) is 48.4 Å². The Kier molecular flexibility index (Phi) is 9.77. The first kappa shape index (κ1) is 29.2. The molecule has 9 heteroatoms. The number of likely N-dealkylation sites (tertiary alicyclic amines) is 1. The minimum Gasteiger partial charge on any atom is -0.465 e. The first-order valence-corrected chi connectivity index (χ1v) is 14.8. The van der Waals surface area contributed by atoms with Gasteiger partial charge in [-0.25, -0.2) is 0 Å². The minimum atomic E-state index is -0.767. The molecule has 0 saturated carbocycles. The van der Waals surface area contributed by atoms with E-state index >= 15 is 0 Å². The second kappa shape index (κ2) is 12.0. The molecule has 0 aromatic rings. The third-order valence-electron chi connectivity index (χ3n) is 8.11.